The van der Waals surface area contributed by atoms with E-state index >= 15 is 0 Å². The third kappa shape index (κ3) is 7.91. The summed E-state index contributed by atoms with van der Waals surface area (Å²) in [4.78, 5) is 37.8. The number of carbonyl (C=O) groups is 1. The lowest BCUT2D eigenvalue weighted by Gasteiger charge is -2.18. The zero-order chi connectivity index (χ0) is 28.6. The summed E-state index contributed by atoms with van der Waals surface area (Å²) in [6.07, 6.45) is 3.53. The fourth-order valence-electron chi connectivity index (χ4n) is 5.17. The van der Waals surface area contributed by atoms with E-state index in [2.05, 4.69) is 4.98 Å². The second-order valence-electron chi connectivity index (χ2n) is 10.0. The van der Waals surface area contributed by atoms with Crippen LogP contribution in [-0.2, 0) is 17.6 Å². The first kappa shape index (κ1) is 29.2. The Labute approximate surface area is 244 Å². The van der Waals surface area contributed by atoms with Crippen molar-refractivity contribution in [2.45, 2.75) is 31.8 Å². The van der Waals surface area contributed by atoms with Gasteiger partial charge in [-0.05, 0) is 54.7 Å². The number of para-hydroxylation sites is 1. The van der Waals surface area contributed by atoms with Crippen molar-refractivity contribution >= 4 is 31.5 Å². The van der Waals surface area contributed by atoms with Crippen molar-refractivity contribution in [2.24, 2.45) is 11.8 Å². The number of thiazole rings is 1. The topological polar surface area (TPSA) is 112 Å². The summed E-state index contributed by atoms with van der Waals surface area (Å²) in [6, 6.07) is 27.1. The number of aryl methyl sites for hydroxylation is 1. The predicted octanol–water partition coefficient (Wildman–Crippen LogP) is 5.69. The van der Waals surface area contributed by atoms with Gasteiger partial charge in [-0.25, -0.2) is 4.98 Å². The van der Waals surface area contributed by atoms with Gasteiger partial charge in [-0.2, -0.15) is 0 Å². The number of aromatic nitrogens is 1. The van der Waals surface area contributed by atoms with Crippen LogP contribution in [0.15, 0.2) is 91.1 Å². The molecule has 1 unspecified atom stereocenters. The number of anilines is 1. The van der Waals surface area contributed by atoms with Crippen LogP contribution < -0.4 is 14.2 Å². The Kier molecular flexibility index (Phi) is 9.98. The molecule has 0 bridgehead atoms. The number of aliphatic hydroxyl groups excluding tert-OH is 1. The summed E-state index contributed by atoms with van der Waals surface area (Å²) in [7, 11) is -2.47. The third-order valence-electron chi connectivity index (χ3n) is 7.25. The molecule has 10 heteroatoms. The standard InChI is InChI=1S/C31H33N2O6PS/c34-28(18-22-8-3-1-4-9-22)23-14-16-26(17-15-23)38-21-24-20-33(25-10-5-2-6-11-25)31(35)27(24)12-7-13-29-32-19-30(41-29)39-40(36)37/h1-6,8-11,14-17,19,24,27-28,34,36-37H,7,12-13,18,20-21H2/t24-,27-,28?/m1/s1. The molecule has 0 saturated carbocycles. The highest BCUT2D eigenvalue weighted by molar-refractivity contribution is 7.40. The summed E-state index contributed by atoms with van der Waals surface area (Å²) in [6.45, 7) is 0.977. The smallest absolute Gasteiger partial charge is 0.392 e. The van der Waals surface area contributed by atoms with Crippen molar-refractivity contribution in [3.63, 3.8) is 0 Å². The molecule has 1 aromatic heterocycles. The molecule has 3 aromatic carbocycles. The normalized spacial score (nSPS) is 17.7. The Morgan fingerprint density at radius 3 is 2.41 bits per heavy atom. The van der Waals surface area contributed by atoms with Gasteiger partial charge in [0.05, 0.1) is 23.9 Å². The molecule has 1 fully saturated rings. The average Bonchev–Trinajstić information content (AvgIpc) is 3.56. The number of rotatable bonds is 13. The minimum absolute atomic E-state index is 0.00794. The van der Waals surface area contributed by atoms with Crippen molar-refractivity contribution in [3.8, 4) is 10.8 Å². The van der Waals surface area contributed by atoms with E-state index in [1.807, 2.05) is 89.8 Å². The van der Waals surface area contributed by atoms with Crippen molar-refractivity contribution < 1.29 is 28.9 Å². The first-order chi connectivity index (χ1) is 20.0. The summed E-state index contributed by atoms with van der Waals surface area (Å²) in [5.74, 6) is 0.612. The highest BCUT2D eigenvalue weighted by Crippen LogP contribution is 2.36. The first-order valence-corrected chi connectivity index (χ1v) is 15.6. The largest absolute Gasteiger partial charge is 0.493 e. The van der Waals surface area contributed by atoms with Crippen LogP contribution in [0.25, 0.3) is 0 Å². The third-order valence-corrected chi connectivity index (χ3v) is 8.67. The fraction of sp³-hybridized carbons (Fsp3) is 0.290. The number of amides is 1. The first-order valence-electron chi connectivity index (χ1n) is 13.6. The molecule has 1 saturated heterocycles. The van der Waals surface area contributed by atoms with Crippen molar-refractivity contribution in [2.75, 3.05) is 18.1 Å². The van der Waals surface area contributed by atoms with E-state index < -0.39 is 14.7 Å². The summed E-state index contributed by atoms with van der Waals surface area (Å²) < 4.78 is 11.1. The van der Waals surface area contributed by atoms with Crippen LogP contribution in [0.1, 0.15) is 35.1 Å². The Bertz CT molecular complexity index is 1390. The molecule has 8 nitrogen and oxygen atoms in total. The molecule has 0 radical (unpaired) electrons. The van der Waals surface area contributed by atoms with E-state index in [0.29, 0.717) is 43.2 Å². The van der Waals surface area contributed by atoms with Gasteiger partial charge in [0.25, 0.3) is 0 Å². The molecule has 3 N–H and O–H groups in total. The second-order valence-corrected chi connectivity index (χ2v) is 11.8. The molecule has 2 heterocycles. The Morgan fingerprint density at radius 2 is 1.71 bits per heavy atom. The number of ether oxygens (including phenoxy) is 1. The average molecular weight is 593 g/mol. The molecule has 1 aliphatic heterocycles. The van der Waals surface area contributed by atoms with E-state index in [0.717, 1.165) is 28.2 Å². The minimum atomic E-state index is -2.47. The summed E-state index contributed by atoms with van der Waals surface area (Å²) in [5, 5.41) is 11.8. The van der Waals surface area contributed by atoms with Crippen LogP contribution in [0.4, 0.5) is 5.69 Å². The number of carbonyl (C=O) groups excluding carboxylic acids is 1. The molecule has 1 amide bonds. The fourth-order valence-corrected chi connectivity index (χ4v) is 6.42. The minimum Gasteiger partial charge on any atom is -0.493 e. The van der Waals surface area contributed by atoms with Crippen LogP contribution >= 0.6 is 19.9 Å². The van der Waals surface area contributed by atoms with Crippen LogP contribution in [0.3, 0.4) is 0 Å². The van der Waals surface area contributed by atoms with E-state index in [9.17, 15) is 9.90 Å². The number of hydrogen-bond donors (Lipinski definition) is 3. The SMILES string of the molecule is O=C1[C@H](CCCc2ncc(OP(O)O)s2)[C@@H](COc2ccc(C(O)Cc3ccccc3)cc2)CN1c1ccccc1. The highest BCUT2D eigenvalue weighted by Gasteiger charge is 2.41. The van der Waals surface area contributed by atoms with Gasteiger partial charge < -0.3 is 29.1 Å². The molecule has 4 aromatic rings. The lowest BCUT2D eigenvalue weighted by Crippen LogP contribution is -2.26. The molecule has 0 aliphatic carbocycles. The molecule has 5 rings (SSSR count). The second kappa shape index (κ2) is 14.0. The molecular formula is C31H33N2O6PS. The molecule has 214 valence electrons. The number of nitrogens with zero attached hydrogens (tertiary/aromatic N) is 2. The summed E-state index contributed by atoms with van der Waals surface area (Å²) >= 11 is 1.28. The van der Waals surface area contributed by atoms with E-state index in [1.165, 1.54) is 17.5 Å². The van der Waals surface area contributed by atoms with Gasteiger partial charge in [0, 0.05) is 30.5 Å². The molecule has 3 atom stereocenters. The Balaban J connectivity index is 1.20. The van der Waals surface area contributed by atoms with Gasteiger partial charge in [-0.1, -0.05) is 72.0 Å². The maximum atomic E-state index is 13.5. The number of benzene rings is 3. The zero-order valence-electron chi connectivity index (χ0n) is 22.5. The Morgan fingerprint density at radius 1 is 1.00 bits per heavy atom. The van der Waals surface area contributed by atoms with Crippen molar-refractivity contribution in [1.29, 1.82) is 0 Å². The lowest BCUT2D eigenvalue weighted by molar-refractivity contribution is -0.121. The highest BCUT2D eigenvalue weighted by atomic mass is 32.1. The lowest BCUT2D eigenvalue weighted by atomic mass is 9.91. The van der Waals surface area contributed by atoms with Crippen LogP contribution in [-0.4, -0.2) is 38.9 Å². The van der Waals surface area contributed by atoms with Crippen LogP contribution in [0.2, 0.25) is 0 Å². The van der Waals surface area contributed by atoms with Gasteiger partial charge in [-0.15, -0.1) is 0 Å². The number of aliphatic hydroxyl groups is 1. The van der Waals surface area contributed by atoms with Gasteiger partial charge in [0.1, 0.15) is 5.75 Å². The van der Waals surface area contributed by atoms with Gasteiger partial charge in [-0.3, -0.25) is 4.79 Å². The van der Waals surface area contributed by atoms with Gasteiger partial charge >= 0.3 is 8.60 Å². The molecular weight excluding hydrogens is 559 g/mol. The maximum Gasteiger partial charge on any atom is 0.392 e. The number of hydrogen-bond acceptors (Lipinski definition) is 8. The molecule has 0 spiro atoms. The van der Waals surface area contributed by atoms with E-state index in [4.69, 9.17) is 19.0 Å². The van der Waals surface area contributed by atoms with Crippen LogP contribution in [0, 0.1) is 11.8 Å². The van der Waals surface area contributed by atoms with Crippen molar-refractivity contribution in [1.82, 2.24) is 4.98 Å². The molecule has 1 aliphatic rings. The van der Waals surface area contributed by atoms with Crippen LogP contribution in [0.5, 0.6) is 10.8 Å². The predicted molar refractivity (Wildman–Crippen MR) is 160 cm³/mol. The maximum absolute atomic E-state index is 13.5. The van der Waals surface area contributed by atoms with E-state index in [-0.39, 0.29) is 17.7 Å². The zero-order valence-corrected chi connectivity index (χ0v) is 24.2. The van der Waals surface area contributed by atoms with Gasteiger partial charge in [0.15, 0.2) is 0 Å². The van der Waals surface area contributed by atoms with Gasteiger partial charge in [0.2, 0.25) is 11.0 Å². The summed E-state index contributed by atoms with van der Waals surface area (Å²) in [5.41, 5.74) is 2.79. The molecule has 41 heavy (non-hydrogen) atoms. The monoisotopic (exact) mass is 592 g/mol. The quantitative estimate of drug-likeness (QED) is 0.171. The van der Waals surface area contributed by atoms with E-state index in [1.54, 1.807) is 0 Å². The Hall–Kier alpha value is -3.33. The van der Waals surface area contributed by atoms with Crippen molar-refractivity contribution in [3.05, 3.63) is 107 Å².